The topological polar surface area (TPSA) is 59.0 Å². The molecular formula is C11H19ClN4O. The van der Waals surface area contributed by atoms with E-state index in [9.17, 15) is 4.79 Å². The van der Waals surface area contributed by atoms with E-state index in [0.717, 1.165) is 38.0 Å². The normalized spacial score (nSPS) is 19.5. The van der Waals surface area contributed by atoms with Crippen LogP contribution in [0.4, 0.5) is 5.69 Å². The number of anilines is 1. The second kappa shape index (κ2) is 6.61. The van der Waals surface area contributed by atoms with Crippen molar-refractivity contribution in [3.63, 3.8) is 0 Å². The molecule has 1 saturated heterocycles. The number of halogens is 1. The van der Waals surface area contributed by atoms with Gasteiger partial charge < -0.3 is 10.6 Å². The molecular weight excluding hydrogens is 240 g/mol. The summed E-state index contributed by atoms with van der Waals surface area (Å²) in [6.45, 7) is 3.77. The molecule has 0 bridgehead atoms. The van der Waals surface area contributed by atoms with Gasteiger partial charge in [0.2, 0.25) is 5.91 Å². The van der Waals surface area contributed by atoms with E-state index >= 15 is 0 Å². The molecule has 1 aromatic heterocycles. The van der Waals surface area contributed by atoms with Gasteiger partial charge in [0, 0.05) is 12.7 Å². The molecule has 17 heavy (non-hydrogen) atoms. The highest BCUT2D eigenvalue weighted by atomic mass is 35.5. The van der Waals surface area contributed by atoms with Crippen LogP contribution in [0.3, 0.4) is 0 Å². The Hall–Kier alpha value is -1.07. The Morgan fingerprint density at radius 3 is 3.06 bits per heavy atom. The second-order valence-corrected chi connectivity index (χ2v) is 4.08. The van der Waals surface area contributed by atoms with Gasteiger partial charge in [-0.25, -0.2) is 0 Å². The molecule has 0 spiro atoms. The van der Waals surface area contributed by atoms with Gasteiger partial charge in [0.25, 0.3) is 0 Å². The number of piperidine rings is 1. The van der Waals surface area contributed by atoms with Crippen LogP contribution in [-0.2, 0) is 11.3 Å². The van der Waals surface area contributed by atoms with E-state index in [4.69, 9.17) is 0 Å². The molecule has 1 amide bonds. The summed E-state index contributed by atoms with van der Waals surface area (Å²) in [5.74, 6) is 0.0513. The van der Waals surface area contributed by atoms with E-state index in [1.807, 2.05) is 13.1 Å². The molecule has 0 aliphatic carbocycles. The van der Waals surface area contributed by atoms with Crippen LogP contribution in [0.1, 0.15) is 26.2 Å². The maximum atomic E-state index is 11.9. The zero-order chi connectivity index (χ0) is 11.4. The van der Waals surface area contributed by atoms with Crippen molar-refractivity contribution in [1.29, 1.82) is 0 Å². The predicted octanol–water partition coefficient (Wildman–Crippen LogP) is 1.41. The number of carbonyl (C=O) groups is 1. The second-order valence-electron chi connectivity index (χ2n) is 4.08. The van der Waals surface area contributed by atoms with Crippen molar-refractivity contribution in [2.24, 2.45) is 0 Å². The number of hydrogen-bond acceptors (Lipinski definition) is 3. The molecule has 1 fully saturated rings. The average Bonchev–Trinajstić information content (AvgIpc) is 2.78. The summed E-state index contributed by atoms with van der Waals surface area (Å²) in [5, 5.41) is 10.2. The lowest BCUT2D eigenvalue weighted by Crippen LogP contribution is -2.43. The molecule has 6 heteroatoms. The highest BCUT2D eigenvalue weighted by Crippen LogP contribution is 2.10. The first-order chi connectivity index (χ1) is 7.79. The van der Waals surface area contributed by atoms with Crippen molar-refractivity contribution < 1.29 is 4.79 Å². The van der Waals surface area contributed by atoms with Gasteiger partial charge in [-0.1, -0.05) is 6.42 Å². The van der Waals surface area contributed by atoms with Crippen molar-refractivity contribution >= 4 is 24.0 Å². The molecule has 5 nitrogen and oxygen atoms in total. The summed E-state index contributed by atoms with van der Waals surface area (Å²) in [7, 11) is 0. The largest absolute Gasteiger partial charge is 0.322 e. The average molecular weight is 259 g/mol. The smallest absolute Gasteiger partial charge is 0.241 e. The zero-order valence-corrected chi connectivity index (χ0v) is 10.8. The zero-order valence-electron chi connectivity index (χ0n) is 9.98. The number of nitrogens with one attached hydrogen (secondary N) is 2. The van der Waals surface area contributed by atoms with E-state index in [-0.39, 0.29) is 24.4 Å². The Bertz CT molecular complexity index is 360. The fourth-order valence-corrected chi connectivity index (χ4v) is 1.91. The molecule has 1 atom stereocenters. The van der Waals surface area contributed by atoms with Crippen LogP contribution in [0.5, 0.6) is 0 Å². The Labute approximate surface area is 107 Å². The van der Waals surface area contributed by atoms with Gasteiger partial charge in [-0.3, -0.25) is 9.48 Å². The number of nitrogens with zero attached hydrogens (tertiary/aromatic N) is 2. The van der Waals surface area contributed by atoms with Crippen LogP contribution in [0.2, 0.25) is 0 Å². The lowest BCUT2D eigenvalue weighted by Gasteiger charge is -2.22. The fraction of sp³-hybridized carbons (Fsp3) is 0.636. The van der Waals surface area contributed by atoms with Gasteiger partial charge >= 0.3 is 0 Å². The molecule has 0 unspecified atom stereocenters. The van der Waals surface area contributed by atoms with Crippen LogP contribution in [0, 0.1) is 0 Å². The van der Waals surface area contributed by atoms with Gasteiger partial charge in [0.15, 0.2) is 0 Å². The van der Waals surface area contributed by atoms with Crippen LogP contribution in [0.15, 0.2) is 12.4 Å². The van der Waals surface area contributed by atoms with Crippen molar-refractivity contribution in [1.82, 2.24) is 15.1 Å². The van der Waals surface area contributed by atoms with E-state index in [2.05, 4.69) is 15.7 Å². The van der Waals surface area contributed by atoms with E-state index in [0.29, 0.717) is 0 Å². The minimum absolute atomic E-state index is 0. The summed E-state index contributed by atoms with van der Waals surface area (Å²) in [6.07, 6.45) is 6.75. The van der Waals surface area contributed by atoms with Gasteiger partial charge in [-0.05, 0) is 26.3 Å². The third kappa shape index (κ3) is 3.71. The number of aromatic nitrogens is 2. The molecule has 0 saturated carbocycles. The number of rotatable bonds is 3. The van der Waals surface area contributed by atoms with Crippen LogP contribution < -0.4 is 10.6 Å². The number of carbonyl (C=O) groups excluding carboxylic acids is 1. The van der Waals surface area contributed by atoms with E-state index in [1.54, 1.807) is 10.9 Å². The standard InChI is InChI=1S/C11H18N4O.ClH/c1-2-15-8-9(7-13-15)14-11(16)10-5-3-4-6-12-10;/h7-8,10,12H,2-6H2,1H3,(H,14,16);1H/t10-;/m0./s1. The first kappa shape index (κ1) is 14.0. The summed E-state index contributed by atoms with van der Waals surface area (Å²) in [6, 6.07) is -0.0428. The third-order valence-electron chi connectivity index (χ3n) is 2.85. The van der Waals surface area contributed by atoms with Crippen molar-refractivity contribution in [2.45, 2.75) is 38.8 Å². The van der Waals surface area contributed by atoms with Gasteiger partial charge in [-0.15, -0.1) is 12.4 Å². The fourth-order valence-electron chi connectivity index (χ4n) is 1.91. The highest BCUT2D eigenvalue weighted by molar-refractivity contribution is 5.94. The molecule has 0 aromatic carbocycles. The Morgan fingerprint density at radius 1 is 1.65 bits per heavy atom. The number of amides is 1. The highest BCUT2D eigenvalue weighted by Gasteiger charge is 2.20. The lowest BCUT2D eigenvalue weighted by atomic mass is 10.0. The molecule has 1 aromatic rings. The van der Waals surface area contributed by atoms with Crippen molar-refractivity contribution in [3.8, 4) is 0 Å². The minimum Gasteiger partial charge on any atom is -0.322 e. The molecule has 2 heterocycles. The van der Waals surface area contributed by atoms with Gasteiger partial charge in [0.1, 0.15) is 0 Å². The van der Waals surface area contributed by atoms with Crippen molar-refractivity contribution in [3.05, 3.63) is 12.4 Å². The minimum atomic E-state index is -0.0428. The lowest BCUT2D eigenvalue weighted by molar-refractivity contribution is -0.118. The first-order valence-corrected chi connectivity index (χ1v) is 5.86. The Balaban J connectivity index is 0.00000144. The summed E-state index contributed by atoms with van der Waals surface area (Å²) in [4.78, 5) is 11.9. The molecule has 96 valence electrons. The number of aryl methyl sites for hydroxylation is 1. The quantitative estimate of drug-likeness (QED) is 0.862. The molecule has 2 rings (SSSR count). The van der Waals surface area contributed by atoms with Crippen LogP contribution in [-0.4, -0.2) is 28.3 Å². The maximum Gasteiger partial charge on any atom is 0.241 e. The number of hydrogen-bond donors (Lipinski definition) is 2. The molecule has 1 aliphatic rings. The van der Waals surface area contributed by atoms with E-state index < -0.39 is 0 Å². The Morgan fingerprint density at radius 2 is 2.47 bits per heavy atom. The predicted molar refractivity (Wildman–Crippen MR) is 69.4 cm³/mol. The van der Waals surface area contributed by atoms with Crippen LogP contribution in [0.25, 0.3) is 0 Å². The summed E-state index contributed by atoms with van der Waals surface area (Å²) < 4.78 is 1.80. The molecule has 1 aliphatic heterocycles. The Kier molecular flexibility index (Phi) is 5.44. The summed E-state index contributed by atoms with van der Waals surface area (Å²) in [5.41, 5.74) is 0.777. The monoisotopic (exact) mass is 258 g/mol. The summed E-state index contributed by atoms with van der Waals surface area (Å²) >= 11 is 0. The first-order valence-electron chi connectivity index (χ1n) is 5.86. The third-order valence-corrected chi connectivity index (χ3v) is 2.85. The van der Waals surface area contributed by atoms with E-state index in [1.165, 1.54) is 0 Å². The SMILES string of the molecule is CCn1cc(NC(=O)[C@@H]2CCCCN2)cn1.Cl. The van der Waals surface area contributed by atoms with Gasteiger partial charge in [-0.2, -0.15) is 5.10 Å². The van der Waals surface area contributed by atoms with Gasteiger partial charge in [0.05, 0.1) is 17.9 Å². The maximum absolute atomic E-state index is 11.9. The molecule has 0 radical (unpaired) electrons. The van der Waals surface area contributed by atoms with Crippen molar-refractivity contribution in [2.75, 3.05) is 11.9 Å². The molecule has 2 N–H and O–H groups in total. The van der Waals surface area contributed by atoms with Crippen LogP contribution >= 0.6 is 12.4 Å².